The van der Waals surface area contributed by atoms with Gasteiger partial charge in [-0.1, -0.05) is 22.9 Å². The van der Waals surface area contributed by atoms with Crippen LogP contribution in [0.4, 0.5) is 0 Å². The zero-order valence-electron chi connectivity index (χ0n) is 14.7. The summed E-state index contributed by atoms with van der Waals surface area (Å²) in [6.45, 7) is 5.96. The van der Waals surface area contributed by atoms with Gasteiger partial charge in [0.25, 0.3) is 5.89 Å². The number of rotatable bonds is 4. The molecule has 4 rings (SSSR count). The van der Waals surface area contributed by atoms with Crippen molar-refractivity contribution in [2.45, 2.75) is 20.8 Å². The molecule has 2 heterocycles. The van der Waals surface area contributed by atoms with E-state index in [1.807, 2.05) is 69.3 Å². The lowest BCUT2D eigenvalue weighted by Crippen LogP contribution is -1.86. The first-order chi connectivity index (χ1) is 12.6. The van der Waals surface area contributed by atoms with Crippen LogP contribution in [0.15, 0.2) is 53.1 Å². The average molecular weight is 363 g/mol. The molecule has 0 aliphatic heterocycles. The summed E-state index contributed by atoms with van der Waals surface area (Å²) in [4.78, 5) is 9.82. The normalized spacial score (nSPS) is 10.9. The molecule has 0 N–H and O–H groups in total. The van der Waals surface area contributed by atoms with E-state index in [9.17, 15) is 0 Å². The van der Waals surface area contributed by atoms with Crippen molar-refractivity contribution in [2.24, 2.45) is 0 Å². The van der Waals surface area contributed by atoms with E-state index in [0.29, 0.717) is 11.7 Å². The van der Waals surface area contributed by atoms with Gasteiger partial charge < -0.3 is 9.26 Å². The Bertz CT molecular complexity index is 1030. The van der Waals surface area contributed by atoms with Crippen LogP contribution in [0, 0.1) is 20.8 Å². The number of nitrogens with zero attached hydrogens (tertiary/aromatic N) is 3. The van der Waals surface area contributed by atoms with Crippen LogP contribution in [0.5, 0.6) is 11.5 Å². The van der Waals surface area contributed by atoms with E-state index in [-0.39, 0.29) is 0 Å². The number of thiazole rings is 1. The Morgan fingerprint density at radius 1 is 0.846 bits per heavy atom. The molecule has 0 unspecified atom stereocenters. The van der Waals surface area contributed by atoms with Crippen molar-refractivity contribution in [1.82, 2.24) is 15.1 Å². The number of aryl methyl sites for hydroxylation is 3. The first kappa shape index (κ1) is 16.5. The van der Waals surface area contributed by atoms with Gasteiger partial charge in [-0.05, 0) is 57.2 Å². The van der Waals surface area contributed by atoms with Crippen LogP contribution in [0.2, 0.25) is 0 Å². The fourth-order valence-electron chi connectivity index (χ4n) is 2.58. The van der Waals surface area contributed by atoms with Crippen molar-refractivity contribution in [3.63, 3.8) is 0 Å². The molecule has 6 heteroatoms. The van der Waals surface area contributed by atoms with Gasteiger partial charge in [-0.3, -0.25) is 0 Å². The second-order valence-corrected chi connectivity index (χ2v) is 7.21. The molecule has 0 aliphatic rings. The predicted molar refractivity (Wildman–Crippen MR) is 102 cm³/mol. The van der Waals surface area contributed by atoms with E-state index in [0.717, 1.165) is 32.6 Å². The summed E-state index contributed by atoms with van der Waals surface area (Å²) in [5.74, 6) is 2.62. The zero-order valence-corrected chi connectivity index (χ0v) is 15.5. The fourth-order valence-corrected chi connectivity index (χ4v) is 3.42. The van der Waals surface area contributed by atoms with Crippen molar-refractivity contribution < 1.29 is 9.26 Å². The Morgan fingerprint density at radius 2 is 1.50 bits per heavy atom. The van der Waals surface area contributed by atoms with Crippen LogP contribution in [-0.2, 0) is 0 Å². The molecule has 5 nitrogen and oxygen atoms in total. The summed E-state index contributed by atoms with van der Waals surface area (Å²) in [6, 6.07) is 15.6. The van der Waals surface area contributed by atoms with E-state index < -0.39 is 0 Å². The van der Waals surface area contributed by atoms with E-state index in [4.69, 9.17) is 9.26 Å². The summed E-state index contributed by atoms with van der Waals surface area (Å²) in [7, 11) is 0. The lowest BCUT2D eigenvalue weighted by atomic mass is 10.2. The molecule has 0 atom stereocenters. The van der Waals surface area contributed by atoms with Crippen LogP contribution in [0.3, 0.4) is 0 Å². The summed E-state index contributed by atoms with van der Waals surface area (Å²) >= 11 is 1.55. The maximum atomic E-state index is 5.85. The highest BCUT2D eigenvalue weighted by Gasteiger charge is 2.16. The van der Waals surface area contributed by atoms with Crippen molar-refractivity contribution in [2.75, 3.05) is 0 Å². The molecule has 130 valence electrons. The van der Waals surface area contributed by atoms with Gasteiger partial charge in [0, 0.05) is 5.56 Å². The molecule has 0 bridgehead atoms. The van der Waals surface area contributed by atoms with Crippen LogP contribution >= 0.6 is 11.3 Å². The van der Waals surface area contributed by atoms with Gasteiger partial charge in [0.2, 0.25) is 5.82 Å². The monoisotopic (exact) mass is 363 g/mol. The van der Waals surface area contributed by atoms with Crippen molar-refractivity contribution in [3.05, 3.63) is 64.8 Å². The van der Waals surface area contributed by atoms with Crippen molar-refractivity contribution in [3.8, 4) is 33.7 Å². The lowest BCUT2D eigenvalue weighted by molar-refractivity contribution is 0.433. The predicted octanol–water partition coefficient (Wildman–Crippen LogP) is 5.58. The maximum absolute atomic E-state index is 5.85. The molecule has 4 aromatic rings. The first-order valence-electron chi connectivity index (χ1n) is 8.21. The molecule has 0 spiro atoms. The molecule has 26 heavy (non-hydrogen) atoms. The smallest absolute Gasteiger partial charge is 0.270 e. The van der Waals surface area contributed by atoms with E-state index >= 15 is 0 Å². The summed E-state index contributed by atoms with van der Waals surface area (Å²) in [6.07, 6.45) is 0. The molecule has 2 aromatic carbocycles. The number of ether oxygens (including phenoxy) is 1. The van der Waals surface area contributed by atoms with Crippen LogP contribution in [0.25, 0.3) is 22.2 Å². The van der Waals surface area contributed by atoms with Gasteiger partial charge in [0.05, 0.1) is 10.7 Å². The second-order valence-electron chi connectivity index (χ2n) is 6.01. The van der Waals surface area contributed by atoms with Crippen molar-refractivity contribution >= 4 is 11.3 Å². The van der Waals surface area contributed by atoms with Gasteiger partial charge >= 0.3 is 0 Å². The van der Waals surface area contributed by atoms with Gasteiger partial charge in [-0.2, -0.15) is 4.98 Å². The number of benzene rings is 2. The standard InChI is InChI=1S/C20H17N3O2S/c1-12-4-8-16(9-5-12)24-17-10-6-15(7-11-17)19-22-20(25-23-19)18-13(2)21-14(3)26-18/h4-11H,1-3H3. The third kappa shape index (κ3) is 3.36. The van der Waals surface area contributed by atoms with Gasteiger partial charge in [-0.25, -0.2) is 4.98 Å². The van der Waals surface area contributed by atoms with E-state index in [2.05, 4.69) is 15.1 Å². The van der Waals surface area contributed by atoms with Crippen LogP contribution < -0.4 is 4.74 Å². The van der Waals surface area contributed by atoms with Gasteiger partial charge in [0.15, 0.2) is 0 Å². The highest BCUT2D eigenvalue weighted by molar-refractivity contribution is 7.15. The maximum Gasteiger partial charge on any atom is 0.270 e. The van der Waals surface area contributed by atoms with Crippen LogP contribution in [0.1, 0.15) is 16.3 Å². The Balaban J connectivity index is 1.54. The Kier molecular flexibility index (Phi) is 4.26. The molecule has 2 aromatic heterocycles. The minimum Gasteiger partial charge on any atom is -0.457 e. The number of hydrogen-bond acceptors (Lipinski definition) is 6. The minimum atomic E-state index is 0.503. The first-order valence-corrected chi connectivity index (χ1v) is 9.03. The highest BCUT2D eigenvalue weighted by Crippen LogP contribution is 2.30. The minimum absolute atomic E-state index is 0.503. The topological polar surface area (TPSA) is 61.0 Å². The molecule has 0 aliphatic carbocycles. The van der Waals surface area contributed by atoms with Crippen molar-refractivity contribution in [1.29, 1.82) is 0 Å². The van der Waals surface area contributed by atoms with Gasteiger partial charge in [0.1, 0.15) is 16.4 Å². The van der Waals surface area contributed by atoms with E-state index in [1.54, 1.807) is 11.3 Å². The Hall–Kier alpha value is -2.99. The molecule has 0 radical (unpaired) electrons. The van der Waals surface area contributed by atoms with E-state index in [1.165, 1.54) is 5.56 Å². The molecule has 0 fully saturated rings. The molecule has 0 saturated heterocycles. The number of hydrogen-bond donors (Lipinski definition) is 0. The van der Waals surface area contributed by atoms with Gasteiger partial charge in [-0.15, -0.1) is 11.3 Å². The zero-order chi connectivity index (χ0) is 18.1. The Morgan fingerprint density at radius 3 is 2.12 bits per heavy atom. The lowest BCUT2D eigenvalue weighted by Gasteiger charge is -2.06. The third-order valence-corrected chi connectivity index (χ3v) is 4.95. The summed E-state index contributed by atoms with van der Waals surface area (Å²) < 4.78 is 11.3. The fraction of sp³-hybridized carbons (Fsp3) is 0.150. The Labute approximate surface area is 155 Å². The molecular weight excluding hydrogens is 346 g/mol. The quantitative estimate of drug-likeness (QED) is 0.474. The van der Waals surface area contributed by atoms with Crippen LogP contribution in [-0.4, -0.2) is 15.1 Å². The SMILES string of the molecule is Cc1ccc(Oc2ccc(-c3noc(-c4sc(C)nc4C)n3)cc2)cc1. The molecular formula is C20H17N3O2S. The summed E-state index contributed by atoms with van der Waals surface area (Å²) in [5, 5.41) is 5.07. The number of aromatic nitrogens is 3. The second kappa shape index (κ2) is 6.72. The summed E-state index contributed by atoms with van der Waals surface area (Å²) in [5.41, 5.74) is 2.98. The third-order valence-electron chi connectivity index (χ3n) is 3.89. The molecule has 0 saturated carbocycles. The average Bonchev–Trinajstić information content (AvgIpc) is 3.24. The molecule has 0 amide bonds. The highest BCUT2D eigenvalue weighted by atomic mass is 32.1. The largest absolute Gasteiger partial charge is 0.457 e.